The molecule has 0 amide bonds. The maximum atomic E-state index is 4.65. The normalized spacial score (nSPS) is 10.8. The van der Waals surface area contributed by atoms with E-state index in [1.807, 2.05) is 0 Å². The molecule has 1 aromatic heterocycles. The van der Waals surface area contributed by atoms with Crippen LogP contribution in [0.25, 0.3) is 0 Å². The van der Waals surface area contributed by atoms with Crippen LogP contribution in [0.15, 0.2) is 36.4 Å². The molecule has 18 heavy (non-hydrogen) atoms. The number of hydrogen-bond acceptors (Lipinski definition) is 1. The molecular weight excluding hydrogens is 220 g/mol. The van der Waals surface area contributed by atoms with Crippen molar-refractivity contribution in [3.63, 3.8) is 0 Å². The topological polar surface area (TPSA) is 17.8 Å². The summed E-state index contributed by atoms with van der Waals surface area (Å²) in [5.41, 5.74) is 3.99. The Balaban J connectivity index is 1.92. The van der Waals surface area contributed by atoms with Gasteiger partial charge in [-0.2, -0.15) is 5.10 Å². The third-order valence-electron chi connectivity index (χ3n) is 3.32. The van der Waals surface area contributed by atoms with Crippen LogP contribution in [0.1, 0.15) is 37.2 Å². The van der Waals surface area contributed by atoms with Crippen molar-refractivity contribution in [1.82, 2.24) is 9.78 Å². The van der Waals surface area contributed by atoms with Gasteiger partial charge in [-0.1, -0.05) is 44.2 Å². The Hall–Kier alpha value is -1.57. The smallest absolute Gasteiger partial charge is 0.0624 e. The van der Waals surface area contributed by atoms with Gasteiger partial charge in [0.05, 0.1) is 5.69 Å². The van der Waals surface area contributed by atoms with Crippen LogP contribution in [0.5, 0.6) is 0 Å². The fraction of sp³-hybridized carbons (Fsp3) is 0.438. The van der Waals surface area contributed by atoms with Crippen molar-refractivity contribution in [1.29, 1.82) is 0 Å². The summed E-state index contributed by atoms with van der Waals surface area (Å²) in [6.07, 6.45) is 4.38. The molecule has 1 aromatic carbocycles. The Bertz CT molecular complexity index is 471. The van der Waals surface area contributed by atoms with Gasteiger partial charge in [-0.25, -0.2) is 0 Å². The molecule has 0 spiro atoms. The van der Waals surface area contributed by atoms with Crippen molar-refractivity contribution in [3.8, 4) is 0 Å². The van der Waals surface area contributed by atoms with Gasteiger partial charge in [-0.3, -0.25) is 4.68 Å². The summed E-state index contributed by atoms with van der Waals surface area (Å²) >= 11 is 0. The second-order valence-corrected chi connectivity index (χ2v) is 4.65. The van der Waals surface area contributed by atoms with Crippen LogP contribution in [-0.2, 0) is 25.8 Å². The fourth-order valence-corrected chi connectivity index (χ4v) is 2.24. The molecule has 0 unspecified atom stereocenters. The van der Waals surface area contributed by atoms with Crippen molar-refractivity contribution in [2.24, 2.45) is 0 Å². The van der Waals surface area contributed by atoms with E-state index in [9.17, 15) is 0 Å². The molecule has 0 saturated carbocycles. The second-order valence-electron chi connectivity index (χ2n) is 4.65. The van der Waals surface area contributed by atoms with Crippen molar-refractivity contribution in [2.45, 2.75) is 46.1 Å². The zero-order valence-electron chi connectivity index (χ0n) is 11.4. The van der Waals surface area contributed by atoms with Crippen LogP contribution in [-0.4, -0.2) is 9.78 Å². The summed E-state index contributed by atoms with van der Waals surface area (Å²) in [6, 6.07) is 12.9. The highest BCUT2D eigenvalue weighted by Crippen LogP contribution is 2.09. The van der Waals surface area contributed by atoms with Gasteiger partial charge < -0.3 is 0 Å². The lowest BCUT2D eigenvalue weighted by Crippen LogP contribution is -2.05. The standard InChI is InChI=1S/C16H22N2/c1-3-15-13-16(4-2)18(17-15)12-8-11-14-9-6-5-7-10-14/h5-7,9-10,13H,3-4,8,11-12H2,1-2H3. The Morgan fingerprint density at radius 1 is 1.06 bits per heavy atom. The first kappa shape index (κ1) is 12.9. The predicted octanol–water partition coefficient (Wildman–Crippen LogP) is 3.64. The van der Waals surface area contributed by atoms with Crippen LogP contribution >= 0.6 is 0 Å². The van der Waals surface area contributed by atoms with Gasteiger partial charge in [-0.15, -0.1) is 0 Å². The molecule has 0 saturated heterocycles. The van der Waals surface area contributed by atoms with Gasteiger partial charge in [0.25, 0.3) is 0 Å². The SMILES string of the molecule is CCc1cc(CC)n(CCCc2ccccc2)n1. The zero-order chi connectivity index (χ0) is 12.8. The number of benzene rings is 1. The van der Waals surface area contributed by atoms with E-state index in [1.165, 1.54) is 17.0 Å². The highest BCUT2D eigenvalue weighted by atomic mass is 15.3. The summed E-state index contributed by atoms with van der Waals surface area (Å²) in [5, 5.41) is 4.65. The summed E-state index contributed by atoms with van der Waals surface area (Å²) in [5.74, 6) is 0. The van der Waals surface area contributed by atoms with Gasteiger partial charge in [-0.05, 0) is 37.3 Å². The molecular formula is C16H22N2. The molecule has 96 valence electrons. The second kappa shape index (κ2) is 6.39. The average molecular weight is 242 g/mol. The number of aromatic nitrogens is 2. The third kappa shape index (κ3) is 3.22. The minimum Gasteiger partial charge on any atom is -0.269 e. The summed E-state index contributed by atoms with van der Waals surface area (Å²) < 4.78 is 2.18. The molecule has 0 aliphatic carbocycles. The number of hydrogen-bond donors (Lipinski definition) is 0. The molecule has 0 aliphatic rings. The molecule has 2 rings (SSSR count). The lowest BCUT2D eigenvalue weighted by Gasteiger charge is -2.06. The molecule has 1 heterocycles. The Morgan fingerprint density at radius 3 is 2.50 bits per heavy atom. The first-order chi connectivity index (χ1) is 8.83. The fourth-order valence-electron chi connectivity index (χ4n) is 2.24. The van der Waals surface area contributed by atoms with Gasteiger partial charge in [0, 0.05) is 12.2 Å². The van der Waals surface area contributed by atoms with Gasteiger partial charge >= 0.3 is 0 Å². The molecule has 0 atom stereocenters. The maximum absolute atomic E-state index is 4.65. The van der Waals surface area contributed by atoms with E-state index < -0.39 is 0 Å². The van der Waals surface area contributed by atoms with E-state index in [1.54, 1.807) is 0 Å². The van der Waals surface area contributed by atoms with E-state index in [4.69, 9.17) is 0 Å². The van der Waals surface area contributed by atoms with Gasteiger partial charge in [0.1, 0.15) is 0 Å². The van der Waals surface area contributed by atoms with E-state index in [0.29, 0.717) is 0 Å². The molecule has 2 nitrogen and oxygen atoms in total. The lowest BCUT2D eigenvalue weighted by atomic mass is 10.1. The summed E-state index contributed by atoms with van der Waals surface area (Å²) in [7, 11) is 0. The van der Waals surface area contributed by atoms with Crippen LogP contribution in [0.2, 0.25) is 0 Å². The highest BCUT2D eigenvalue weighted by molar-refractivity contribution is 5.14. The quantitative estimate of drug-likeness (QED) is 0.756. The van der Waals surface area contributed by atoms with Gasteiger partial charge in [0.2, 0.25) is 0 Å². The molecule has 0 fully saturated rings. The van der Waals surface area contributed by atoms with Crippen LogP contribution in [0, 0.1) is 0 Å². The Kier molecular flexibility index (Phi) is 4.57. The third-order valence-corrected chi connectivity index (χ3v) is 3.32. The number of rotatable bonds is 6. The minimum absolute atomic E-state index is 1.03. The average Bonchev–Trinajstić information content (AvgIpc) is 2.82. The molecule has 2 heteroatoms. The predicted molar refractivity (Wildman–Crippen MR) is 75.7 cm³/mol. The van der Waals surface area contributed by atoms with Crippen LogP contribution in [0.3, 0.4) is 0 Å². The molecule has 0 radical (unpaired) electrons. The molecule has 0 aliphatic heterocycles. The first-order valence-corrected chi connectivity index (χ1v) is 6.93. The molecule has 2 aromatic rings. The maximum Gasteiger partial charge on any atom is 0.0624 e. The van der Waals surface area contributed by atoms with Crippen LogP contribution < -0.4 is 0 Å². The summed E-state index contributed by atoms with van der Waals surface area (Å²) in [4.78, 5) is 0. The van der Waals surface area contributed by atoms with E-state index >= 15 is 0 Å². The van der Waals surface area contributed by atoms with E-state index in [-0.39, 0.29) is 0 Å². The summed E-state index contributed by atoms with van der Waals surface area (Å²) in [6.45, 7) is 5.39. The molecule has 0 bridgehead atoms. The number of aryl methyl sites for hydroxylation is 4. The largest absolute Gasteiger partial charge is 0.269 e. The monoisotopic (exact) mass is 242 g/mol. The highest BCUT2D eigenvalue weighted by Gasteiger charge is 2.04. The first-order valence-electron chi connectivity index (χ1n) is 6.93. The zero-order valence-corrected chi connectivity index (χ0v) is 11.4. The molecule has 0 N–H and O–H groups in total. The number of nitrogens with zero attached hydrogens (tertiary/aromatic N) is 2. The minimum atomic E-state index is 1.03. The van der Waals surface area contributed by atoms with E-state index in [2.05, 4.69) is 60.0 Å². The van der Waals surface area contributed by atoms with Crippen molar-refractivity contribution in [3.05, 3.63) is 53.3 Å². The van der Waals surface area contributed by atoms with Gasteiger partial charge in [0.15, 0.2) is 0 Å². The Labute approximate surface area is 110 Å². The van der Waals surface area contributed by atoms with Crippen molar-refractivity contribution < 1.29 is 0 Å². The van der Waals surface area contributed by atoms with Crippen LogP contribution in [0.4, 0.5) is 0 Å². The lowest BCUT2D eigenvalue weighted by molar-refractivity contribution is 0.552. The van der Waals surface area contributed by atoms with Crippen molar-refractivity contribution >= 4 is 0 Å². The Morgan fingerprint density at radius 2 is 1.83 bits per heavy atom. The van der Waals surface area contributed by atoms with Crippen molar-refractivity contribution in [2.75, 3.05) is 0 Å². The van der Waals surface area contributed by atoms with E-state index in [0.717, 1.165) is 32.2 Å².